The Labute approximate surface area is 206 Å². The molecule has 0 aromatic heterocycles. The second-order valence-corrected chi connectivity index (χ2v) is 10.0. The van der Waals surface area contributed by atoms with Gasteiger partial charge in [-0.15, -0.1) is 0 Å². The topological polar surface area (TPSA) is 38.8 Å². The maximum Gasteiger partial charge on any atom is 0.253 e. The summed E-state index contributed by atoms with van der Waals surface area (Å²) in [5.41, 5.74) is 4.23. The number of benzene rings is 1. The molecule has 0 saturated carbocycles. The highest BCUT2D eigenvalue weighted by Crippen LogP contribution is 2.42. The van der Waals surface area contributed by atoms with Gasteiger partial charge in [0.2, 0.25) is 0 Å². The lowest BCUT2D eigenvalue weighted by molar-refractivity contribution is -0.0786. The van der Waals surface area contributed by atoms with E-state index >= 15 is 0 Å². The molecule has 0 radical (unpaired) electrons. The number of aryl methyl sites for hydroxylation is 1. The van der Waals surface area contributed by atoms with Crippen LogP contribution in [0.4, 0.5) is 0 Å². The van der Waals surface area contributed by atoms with E-state index in [1.807, 2.05) is 37.0 Å². The molecular formula is C30H43NO3. The molecule has 2 aliphatic rings. The third-order valence-corrected chi connectivity index (χ3v) is 7.09. The Morgan fingerprint density at radius 1 is 1.26 bits per heavy atom. The van der Waals surface area contributed by atoms with Crippen molar-refractivity contribution in [3.63, 3.8) is 0 Å². The number of hydrogen-bond acceptors (Lipinski definition) is 3. The molecule has 4 heteroatoms. The molecule has 0 bridgehead atoms. The summed E-state index contributed by atoms with van der Waals surface area (Å²) in [6.45, 7) is 16.7. The number of nitrogens with zero attached hydrogens (tertiary/aromatic N) is 1. The Kier molecular flexibility index (Phi) is 9.18. The summed E-state index contributed by atoms with van der Waals surface area (Å²) in [6.07, 6.45) is 11.3. The van der Waals surface area contributed by atoms with E-state index in [0.717, 1.165) is 62.0 Å². The van der Waals surface area contributed by atoms with E-state index in [2.05, 4.69) is 39.5 Å². The number of rotatable bonds is 7. The summed E-state index contributed by atoms with van der Waals surface area (Å²) in [5.74, 6) is 1.63. The lowest BCUT2D eigenvalue weighted by Gasteiger charge is -2.43. The minimum atomic E-state index is -0.301. The van der Waals surface area contributed by atoms with Gasteiger partial charge in [0.05, 0.1) is 6.10 Å². The average Bonchev–Trinajstić information content (AvgIpc) is 3.02. The van der Waals surface area contributed by atoms with Gasteiger partial charge in [-0.25, -0.2) is 0 Å². The van der Waals surface area contributed by atoms with Gasteiger partial charge < -0.3 is 14.4 Å². The van der Waals surface area contributed by atoms with Crippen molar-refractivity contribution in [2.24, 2.45) is 5.92 Å². The van der Waals surface area contributed by atoms with Crippen molar-refractivity contribution in [3.8, 4) is 0 Å². The maximum atomic E-state index is 13.5. The SMILES string of the molecule is C=CC=C1/C(=C\C)OC2(CCCN(C(=O)c3ccc(CC(C)C)c(CC)c3)CC2)CC1OCC. The van der Waals surface area contributed by atoms with E-state index in [4.69, 9.17) is 9.47 Å². The molecule has 2 unspecified atom stereocenters. The van der Waals surface area contributed by atoms with Crippen LogP contribution < -0.4 is 0 Å². The lowest BCUT2D eigenvalue weighted by Crippen LogP contribution is -2.44. The second-order valence-electron chi connectivity index (χ2n) is 10.0. The third kappa shape index (κ3) is 6.02. The number of amides is 1. The third-order valence-electron chi connectivity index (χ3n) is 7.09. The molecule has 34 heavy (non-hydrogen) atoms. The van der Waals surface area contributed by atoms with Gasteiger partial charge in [0.25, 0.3) is 5.91 Å². The largest absolute Gasteiger partial charge is 0.487 e. The van der Waals surface area contributed by atoms with Crippen molar-refractivity contribution >= 4 is 5.91 Å². The lowest BCUT2D eigenvalue weighted by atomic mass is 9.82. The molecule has 2 heterocycles. The van der Waals surface area contributed by atoms with Gasteiger partial charge >= 0.3 is 0 Å². The van der Waals surface area contributed by atoms with Crippen LogP contribution >= 0.6 is 0 Å². The highest BCUT2D eigenvalue weighted by atomic mass is 16.5. The van der Waals surface area contributed by atoms with Crippen molar-refractivity contribution < 1.29 is 14.3 Å². The number of hydrogen-bond donors (Lipinski definition) is 0. The van der Waals surface area contributed by atoms with Gasteiger partial charge in [-0.2, -0.15) is 0 Å². The second kappa shape index (κ2) is 11.9. The van der Waals surface area contributed by atoms with Crippen molar-refractivity contribution in [1.29, 1.82) is 0 Å². The fourth-order valence-corrected chi connectivity index (χ4v) is 5.42. The summed E-state index contributed by atoms with van der Waals surface area (Å²) >= 11 is 0. The Morgan fingerprint density at radius 3 is 2.71 bits per heavy atom. The van der Waals surface area contributed by atoms with Gasteiger partial charge in [0.1, 0.15) is 11.4 Å². The van der Waals surface area contributed by atoms with Gasteiger partial charge in [0, 0.05) is 43.7 Å². The Hall–Kier alpha value is -2.33. The summed E-state index contributed by atoms with van der Waals surface area (Å²) in [6, 6.07) is 6.30. The van der Waals surface area contributed by atoms with Crippen LogP contribution in [-0.2, 0) is 22.3 Å². The molecule has 2 saturated heterocycles. The molecule has 0 N–H and O–H groups in total. The van der Waals surface area contributed by atoms with Crippen molar-refractivity contribution in [2.45, 2.75) is 84.8 Å². The van der Waals surface area contributed by atoms with Crippen molar-refractivity contribution in [1.82, 2.24) is 4.90 Å². The quantitative estimate of drug-likeness (QED) is 0.452. The van der Waals surface area contributed by atoms with Crippen LogP contribution in [0.15, 0.2) is 54.3 Å². The molecule has 1 aromatic carbocycles. The summed E-state index contributed by atoms with van der Waals surface area (Å²) in [5, 5.41) is 0. The molecule has 3 rings (SSSR count). The Bertz CT molecular complexity index is 929. The molecule has 2 aliphatic heterocycles. The zero-order valence-corrected chi connectivity index (χ0v) is 21.9. The fourth-order valence-electron chi connectivity index (χ4n) is 5.42. The number of carbonyl (C=O) groups excluding carboxylic acids is 1. The number of allylic oxidation sites excluding steroid dienone is 3. The average molecular weight is 466 g/mol. The monoisotopic (exact) mass is 465 g/mol. The van der Waals surface area contributed by atoms with Crippen molar-refractivity contribution in [2.75, 3.05) is 19.7 Å². The molecule has 2 fully saturated rings. The molecule has 1 amide bonds. The first kappa shape index (κ1) is 26.3. The van der Waals surface area contributed by atoms with E-state index in [9.17, 15) is 4.79 Å². The standard InChI is InChI=1S/C30H43NO3/c1-7-12-26-27(9-3)34-30(21-28(26)33-10-4)15-11-17-31(18-16-30)29(32)25-14-13-24(19-22(5)6)23(8-2)20-25/h7,9,12-14,20,22,28H,1,8,10-11,15-19,21H2,2-6H3/b26-12?,27-9+. The first-order valence-corrected chi connectivity index (χ1v) is 13.1. The fraction of sp³-hybridized carbons (Fsp3) is 0.567. The van der Waals surface area contributed by atoms with Crippen LogP contribution in [0.3, 0.4) is 0 Å². The van der Waals surface area contributed by atoms with Crippen LogP contribution in [0.25, 0.3) is 0 Å². The normalized spacial score (nSPS) is 25.6. The minimum Gasteiger partial charge on any atom is -0.487 e. The predicted molar refractivity (Wildman–Crippen MR) is 140 cm³/mol. The van der Waals surface area contributed by atoms with E-state index < -0.39 is 0 Å². The molecule has 0 aliphatic carbocycles. The zero-order valence-electron chi connectivity index (χ0n) is 21.9. The Balaban J connectivity index is 1.77. The molecule has 4 nitrogen and oxygen atoms in total. The first-order chi connectivity index (χ1) is 16.4. The molecule has 1 aromatic rings. The van der Waals surface area contributed by atoms with Crippen LogP contribution in [0.5, 0.6) is 0 Å². The van der Waals surface area contributed by atoms with E-state index in [1.54, 1.807) is 6.08 Å². The summed E-state index contributed by atoms with van der Waals surface area (Å²) in [7, 11) is 0. The molecular weight excluding hydrogens is 422 g/mol. The van der Waals surface area contributed by atoms with Gasteiger partial charge in [-0.3, -0.25) is 4.79 Å². The minimum absolute atomic E-state index is 0.00850. The smallest absolute Gasteiger partial charge is 0.253 e. The number of likely N-dealkylation sites (tertiary alicyclic amines) is 1. The molecule has 2 atom stereocenters. The predicted octanol–water partition coefficient (Wildman–Crippen LogP) is 6.65. The highest BCUT2D eigenvalue weighted by molar-refractivity contribution is 5.94. The molecule has 1 spiro atoms. The molecule has 186 valence electrons. The highest BCUT2D eigenvalue weighted by Gasteiger charge is 2.44. The van der Waals surface area contributed by atoms with Crippen LogP contribution in [0.1, 0.15) is 81.8 Å². The van der Waals surface area contributed by atoms with Gasteiger partial charge in [-0.1, -0.05) is 45.6 Å². The van der Waals surface area contributed by atoms with E-state index in [1.165, 1.54) is 11.1 Å². The summed E-state index contributed by atoms with van der Waals surface area (Å²) < 4.78 is 12.8. The van der Waals surface area contributed by atoms with Crippen molar-refractivity contribution in [3.05, 3.63) is 71.0 Å². The van der Waals surface area contributed by atoms with Gasteiger partial charge in [-0.05, 0) is 74.8 Å². The number of carbonyl (C=O) groups is 1. The van der Waals surface area contributed by atoms with E-state index in [-0.39, 0.29) is 17.6 Å². The van der Waals surface area contributed by atoms with Gasteiger partial charge in [0.15, 0.2) is 0 Å². The summed E-state index contributed by atoms with van der Waals surface area (Å²) in [4.78, 5) is 15.5. The van der Waals surface area contributed by atoms with Crippen LogP contribution in [0.2, 0.25) is 0 Å². The van der Waals surface area contributed by atoms with E-state index in [0.29, 0.717) is 19.1 Å². The van der Waals surface area contributed by atoms with Crippen LogP contribution in [-0.4, -0.2) is 42.2 Å². The maximum absolute atomic E-state index is 13.5. The first-order valence-electron chi connectivity index (χ1n) is 13.1. The Morgan fingerprint density at radius 2 is 2.06 bits per heavy atom. The zero-order chi connectivity index (χ0) is 24.7. The number of ether oxygens (including phenoxy) is 2. The van der Waals surface area contributed by atoms with Crippen LogP contribution in [0, 0.1) is 5.92 Å².